The van der Waals surface area contributed by atoms with Crippen molar-refractivity contribution in [3.05, 3.63) is 5.53 Å². The molecule has 1 saturated heterocycles. The predicted octanol–water partition coefficient (Wildman–Crippen LogP) is 5.98. The van der Waals surface area contributed by atoms with Gasteiger partial charge < -0.3 is 25.2 Å². The standard InChI is InChI=1S/C21H41N2O3/c1-4-5-6-7-8-9-10-11-12-13-14-15-16-19-20(18(17-24)23-22)26-21(2,3)25-19/h18-20,24H,4-17H2,1-3H3/q-1/t18-,19+,20-/m0/s1. The first-order chi connectivity index (χ1) is 12.5. The highest BCUT2D eigenvalue weighted by Crippen LogP contribution is 2.33. The number of nitrogens with zero attached hydrogens (tertiary/aromatic N) is 2. The zero-order chi connectivity index (χ0) is 19.3. The average molecular weight is 370 g/mol. The maximum absolute atomic E-state index is 9.36. The Hall–Kier alpha value is -0.520. The molecule has 1 aliphatic rings. The number of aliphatic hydroxyl groups is 1. The minimum Gasteiger partial charge on any atom is -0.712 e. The second-order valence-corrected chi connectivity index (χ2v) is 8.18. The summed E-state index contributed by atoms with van der Waals surface area (Å²) in [6, 6.07) is -0.626. The van der Waals surface area contributed by atoms with Crippen LogP contribution in [0.15, 0.2) is 5.11 Å². The molecule has 0 aromatic rings. The van der Waals surface area contributed by atoms with Gasteiger partial charge in [-0.15, -0.1) is 0 Å². The van der Waals surface area contributed by atoms with E-state index in [4.69, 9.17) is 15.0 Å². The van der Waals surface area contributed by atoms with Crippen molar-refractivity contribution in [2.45, 2.75) is 128 Å². The van der Waals surface area contributed by atoms with E-state index in [1.165, 1.54) is 70.6 Å². The Morgan fingerprint density at radius 1 is 0.885 bits per heavy atom. The van der Waals surface area contributed by atoms with Crippen molar-refractivity contribution in [1.82, 2.24) is 0 Å². The summed E-state index contributed by atoms with van der Waals surface area (Å²) in [6.07, 6.45) is 16.3. The zero-order valence-corrected chi connectivity index (χ0v) is 17.3. The molecule has 1 heterocycles. The van der Waals surface area contributed by atoms with Crippen LogP contribution in [0.1, 0.15) is 104 Å². The summed E-state index contributed by atoms with van der Waals surface area (Å²) in [5.41, 5.74) is 9.08. The molecule has 3 atom stereocenters. The average Bonchev–Trinajstić information content (AvgIpc) is 2.91. The first-order valence-electron chi connectivity index (χ1n) is 10.8. The van der Waals surface area contributed by atoms with Gasteiger partial charge in [-0.25, -0.2) is 0 Å². The fourth-order valence-corrected chi connectivity index (χ4v) is 3.81. The lowest BCUT2D eigenvalue weighted by Crippen LogP contribution is -2.36. The molecule has 0 aromatic heterocycles. The maximum Gasteiger partial charge on any atom is 0.163 e. The zero-order valence-electron chi connectivity index (χ0n) is 17.3. The highest BCUT2D eigenvalue weighted by molar-refractivity contribution is 4.89. The lowest BCUT2D eigenvalue weighted by molar-refractivity contribution is -0.148. The van der Waals surface area contributed by atoms with Crippen LogP contribution >= 0.6 is 0 Å². The van der Waals surface area contributed by atoms with E-state index in [9.17, 15) is 5.11 Å². The fourth-order valence-electron chi connectivity index (χ4n) is 3.81. The van der Waals surface area contributed by atoms with Crippen LogP contribution < -0.4 is 0 Å². The molecule has 0 unspecified atom stereocenters. The van der Waals surface area contributed by atoms with Gasteiger partial charge in [-0.05, 0) is 20.3 Å². The summed E-state index contributed by atoms with van der Waals surface area (Å²) < 4.78 is 11.8. The smallest absolute Gasteiger partial charge is 0.163 e. The van der Waals surface area contributed by atoms with E-state index in [2.05, 4.69) is 12.0 Å². The van der Waals surface area contributed by atoms with Gasteiger partial charge in [-0.3, -0.25) is 0 Å². The van der Waals surface area contributed by atoms with Crippen LogP contribution in [0.2, 0.25) is 0 Å². The monoisotopic (exact) mass is 369 g/mol. The third-order valence-electron chi connectivity index (χ3n) is 5.28. The molecule has 0 aliphatic carbocycles. The molecule has 1 aliphatic heterocycles. The van der Waals surface area contributed by atoms with Crippen LogP contribution in [0.5, 0.6) is 0 Å². The van der Waals surface area contributed by atoms with Crippen LogP contribution in [0, 0.1) is 0 Å². The Balaban J connectivity index is 2.06. The fraction of sp³-hybridized carbons (Fsp3) is 1.00. The van der Waals surface area contributed by atoms with Crippen molar-refractivity contribution in [3.63, 3.8) is 0 Å². The number of hydrogen-bond acceptors (Lipinski definition) is 4. The Morgan fingerprint density at radius 2 is 1.38 bits per heavy atom. The van der Waals surface area contributed by atoms with Crippen LogP contribution in [0.4, 0.5) is 0 Å². The van der Waals surface area contributed by atoms with E-state index >= 15 is 0 Å². The molecule has 0 spiro atoms. The second kappa shape index (κ2) is 13.6. The van der Waals surface area contributed by atoms with Gasteiger partial charge in [0.1, 0.15) is 6.10 Å². The van der Waals surface area contributed by atoms with Gasteiger partial charge in [0.15, 0.2) is 5.79 Å². The number of hydrogen-bond donors (Lipinski definition) is 1. The molecular weight excluding hydrogens is 328 g/mol. The van der Waals surface area contributed by atoms with Gasteiger partial charge in [0.05, 0.1) is 18.8 Å². The van der Waals surface area contributed by atoms with Gasteiger partial charge >= 0.3 is 0 Å². The highest BCUT2D eigenvalue weighted by atomic mass is 16.8. The lowest BCUT2D eigenvalue weighted by Gasteiger charge is -2.24. The molecule has 5 heteroatoms. The molecule has 1 N–H and O–H groups in total. The van der Waals surface area contributed by atoms with E-state index in [0.717, 1.165) is 12.8 Å². The summed E-state index contributed by atoms with van der Waals surface area (Å²) >= 11 is 0. The summed E-state index contributed by atoms with van der Waals surface area (Å²) in [5.74, 6) is -0.676. The van der Waals surface area contributed by atoms with Gasteiger partial charge in [-0.1, -0.05) is 84.0 Å². The molecule has 0 aromatic carbocycles. The molecule has 0 radical (unpaired) electrons. The lowest BCUT2D eigenvalue weighted by atomic mass is 10.00. The first kappa shape index (κ1) is 23.5. The third kappa shape index (κ3) is 9.43. The number of aliphatic hydroxyl groups excluding tert-OH is 1. The van der Waals surface area contributed by atoms with Crippen LogP contribution in [0.25, 0.3) is 5.53 Å². The van der Waals surface area contributed by atoms with Gasteiger partial charge in [0.2, 0.25) is 0 Å². The summed E-state index contributed by atoms with van der Waals surface area (Å²) in [6.45, 7) is 5.78. The molecule has 154 valence electrons. The molecule has 0 amide bonds. The topological polar surface area (TPSA) is 73.3 Å². The summed E-state index contributed by atoms with van der Waals surface area (Å²) in [7, 11) is 0. The number of ether oxygens (including phenoxy) is 2. The number of unbranched alkanes of at least 4 members (excludes halogenated alkanes) is 11. The Morgan fingerprint density at radius 3 is 1.85 bits per heavy atom. The van der Waals surface area contributed by atoms with Crippen molar-refractivity contribution >= 4 is 0 Å². The summed E-state index contributed by atoms with van der Waals surface area (Å²) in [5, 5.41) is 12.6. The minimum absolute atomic E-state index is 0.110. The SMILES string of the molecule is CCCCCCCCCCCCCC[C@H]1OC(C)(C)O[C@H]1[C@H](CO)N=[N-]. The second-order valence-electron chi connectivity index (χ2n) is 8.18. The first-order valence-corrected chi connectivity index (χ1v) is 10.8. The Bertz CT molecular complexity index is 363. The molecule has 26 heavy (non-hydrogen) atoms. The summed E-state index contributed by atoms with van der Waals surface area (Å²) in [4.78, 5) is 0. The largest absolute Gasteiger partial charge is 0.712 e. The highest BCUT2D eigenvalue weighted by Gasteiger charge is 2.43. The van der Waals surface area contributed by atoms with Crippen molar-refractivity contribution in [1.29, 1.82) is 0 Å². The minimum atomic E-state index is -0.676. The molecular formula is C21H41N2O3-. The molecule has 1 rings (SSSR count). The Labute approximate surface area is 160 Å². The van der Waals surface area contributed by atoms with Crippen molar-refractivity contribution in [2.24, 2.45) is 5.11 Å². The van der Waals surface area contributed by atoms with Crippen molar-refractivity contribution < 1.29 is 14.6 Å². The van der Waals surface area contributed by atoms with Crippen molar-refractivity contribution in [2.75, 3.05) is 6.61 Å². The third-order valence-corrected chi connectivity index (χ3v) is 5.28. The molecule has 1 fully saturated rings. The van der Waals surface area contributed by atoms with E-state index in [-0.39, 0.29) is 18.8 Å². The normalized spacial score (nSPS) is 23.2. The van der Waals surface area contributed by atoms with Crippen LogP contribution in [-0.2, 0) is 9.47 Å². The van der Waals surface area contributed by atoms with Gasteiger partial charge in [-0.2, -0.15) is 0 Å². The van der Waals surface area contributed by atoms with Gasteiger partial charge in [0.25, 0.3) is 0 Å². The maximum atomic E-state index is 9.36. The molecule has 5 nitrogen and oxygen atoms in total. The van der Waals surface area contributed by atoms with Crippen LogP contribution in [0.3, 0.4) is 0 Å². The molecule has 0 saturated carbocycles. The van der Waals surface area contributed by atoms with E-state index < -0.39 is 11.8 Å². The van der Waals surface area contributed by atoms with E-state index in [1.54, 1.807) is 0 Å². The number of rotatable bonds is 16. The van der Waals surface area contributed by atoms with E-state index in [0.29, 0.717) is 0 Å². The van der Waals surface area contributed by atoms with E-state index in [1.807, 2.05) is 13.8 Å². The van der Waals surface area contributed by atoms with Crippen LogP contribution in [-0.4, -0.2) is 35.8 Å². The Kier molecular flexibility index (Phi) is 12.3. The molecule has 0 bridgehead atoms. The van der Waals surface area contributed by atoms with Crippen molar-refractivity contribution in [3.8, 4) is 0 Å². The quantitative estimate of drug-likeness (QED) is 0.269. The van der Waals surface area contributed by atoms with Gasteiger partial charge in [0, 0.05) is 0 Å². The predicted molar refractivity (Wildman–Crippen MR) is 106 cm³/mol.